The predicted molar refractivity (Wildman–Crippen MR) is 88.2 cm³/mol. The summed E-state index contributed by atoms with van der Waals surface area (Å²) < 4.78 is 2.88. The van der Waals surface area contributed by atoms with Gasteiger partial charge in [-0.15, -0.1) is 0 Å². The number of nitrogens with two attached hydrogens (primary N) is 1. The topological polar surface area (TPSA) is 60.0 Å². The smallest absolute Gasteiger partial charge is 0.0911 e. The third-order valence-electron chi connectivity index (χ3n) is 3.44. The average Bonchev–Trinajstić information content (AvgIpc) is 2.77. The number of halogens is 1. The second-order valence-corrected chi connectivity index (χ2v) is 6.45. The van der Waals surface area contributed by atoms with E-state index in [1.165, 1.54) is 0 Å². The number of hydrogen-bond donors (Lipinski definition) is 1. The molecule has 0 aliphatic carbocycles. The van der Waals surface area contributed by atoms with Crippen molar-refractivity contribution in [3.63, 3.8) is 0 Å². The van der Waals surface area contributed by atoms with Crippen LogP contribution in [0.4, 0.5) is 0 Å². The molecule has 0 saturated heterocycles. The molecule has 0 spiro atoms. The van der Waals surface area contributed by atoms with Gasteiger partial charge in [0.1, 0.15) is 0 Å². The molecule has 0 radical (unpaired) electrons. The molecule has 114 valence electrons. The minimum Gasteiger partial charge on any atom is -0.318 e. The van der Waals surface area contributed by atoms with Gasteiger partial charge < -0.3 is 10.6 Å². The first-order valence-corrected chi connectivity index (χ1v) is 7.74. The maximum Gasteiger partial charge on any atom is 0.0911 e. The largest absolute Gasteiger partial charge is 0.318 e. The van der Waals surface area contributed by atoms with Gasteiger partial charge in [0.05, 0.1) is 34.6 Å². The lowest BCUT2D eigenvalue weighted by Crippen LogP contribution is -2.24. The summed E-state index contributed by atoms with van der Waals surface area (Å²) in [6.45, 7) is 5.79. The number of pyridine rings is 1. The van der Waals surface area contributed by atoms with E-state index in [1.54, 1.807) is 6.20 Å². The van der Waals surface area contributed by atoms with Crippen LogP contribution in [-0.2, 0) is 6.54 Å². The van der Waals surface area contributed by atoms with Crippen LogP contribution in [0.3, 0.4) is 0 Å². The van der Waals surface area contributed by atoms with Crippen molar-refractivity contribution in [1.82, 2.24) is 19.7 Å². The summed E-state index contributed by atoms with van der Waals surface area (Å²) in [4.78, 5) is 6.64. The van der Waals surface area contributed by atoms with Crippen LogP contribution >= 0.6 is 15.9 Å². The van der Waals surface area contributed by atoms with E-state index in [0.29, 0.717) is 0 Å². The highest BCUT2D eigenvalue weighted by Crippen LogP contribution is 2.27. The molecule has 0 amide bonds. The van der Waals surface area contributed by atoms with E-state index < -0.39 is 0 Å². The molecule has 0 saturated carbocycles. The SMILES string of the molecule is Cc1cnc(C(N)c2c(Br)cnn2CCN(C)C)c(C)c1. The van der Waals surface area contributed by atoms with E-state index >= 15 is 0 Å². The summed E-state index contributed by atoms with van der Waals surface area (Å²) in [5.74, 6) is 0. The van der Waals surface area contributed by atoms with Gasteiger partial charge in [-0.1, -0.05) is 6.07 Å². The second kappa shape index (κ2) is 6.68. The van der Waals surface area contributed by atoms with E-state index in [-0.39, 0.29) is 6.04 Å². The lowest BCUT2D eigenvalue weighted by Gasteiger charge is -2.18. The van der Waals surface area contributed by atoms with Crippen molar-refractivity contribution in [3.8, 4) is 0 Å². The Bertz CT molecular complexity index is 621. The Morgan fingerprint density at radius 3 is 2.67 bits per heavy atom. The quantitative estimate of drug-likeness (QED) is 0.897. The van der Waals surface area contributed by atoms with Gasteiger partial charge in [0.25, 0.3) is 0 Å². The average molecular weight is 352 g/mol. The molecule has 1 unspecified atom stereocenters. The fraction of sp³-hybridized carbons (Fsp3) is 0.467. The lowest BCUT2D eigenvalue weighted by molar-refractivity contribution is 0.367. The third-order valence-corrected chi connectivity index (χ3v) is 4.05. The van der Waals surface area contributed by atoms with E-state index in [1.807, 2.05) is 38.8 Å². The van der Waals surface area contributed by atoms with Gasteiger partial charge in [-0.3, -0.25) is 9.67 Å². The first-order valence-electron chi connectivity index (χ1n) is 6.94. The number of hydrogen-bond acceptors (Lipinski definition) is 4. The first-order chi connectivity index (χ1) is 9.90. The zero-order valence-electron chi connectivity index (χ0n) is 13.0. The Morgan fingerprint density at radius 2 is 2.05 bits per heavy atom. The number of rotatable bonds is 5. The summed E-state index contributed by atoms with van der Waals surface area (Å²) in [6, 6.07) is 1.82. The molecule has 0 aromatic carbocycles. The van der Waals surface area contributed by atoms with E-state index in [2.05, 4.69) is 37.0 Å². The molecule has 6 heteroatoms. The highest BCUT2D eigenvalue weighted by molar-refractivity contribution is 9.10. The van der Waals surface area contributed by atoms with Gasteiger partial charge in [-0.2, -0.15) is 5.10 Å². The third kappa shape index (κ3) is 3.70. The lowest BCUT2D eigenvalue weighted by atomic mass is 10.0. The normalized spacial score (nSPS) is 12.9. The van der Waals surface area contributed by atoms with Gasteiger partial charge in [0.2, 0.25) is 0 Å². The van der Waals surface area contributed by atoms with Crippen molar-refractivity contribution in [2.24, 2.45) is 5.73 Å². The summed E-state index contributed by atoms with van der Waals surface area (Å²) in [7, 11) is 4.09. The maximum atomic E-state index is 6.45. The summed E-state index contributed by atoms with van der Waals surface area (Å²) in [5.41, 5.74) is 10.6. The van der Waals surface area contributed by atoms with Crippen molar-refractivity contribution in [2.45, 2.75) is 26.4 Å². The predicted octanol–water partition coefficient (Wildman–Crippen LogP) is 2.27. The van der Waals surface area contributed by atoms with Crippen LogP contribution in [-0.4, -0.2) is 40.3 Å². The van der Waals surface area contributed by atoms with Crippen LogP contribution in [0.2, 0.25) is 0 Å². The Labute approximate surface area is 134 Å². The molecule has 0 aliphatic rings. The molecule has 2 N–H and O–H groups in total. The molecule has 0 bridgehead atoms. The fourth-order valence-corrected chi connectivity index (χ4v) is 2.88. The molecule has 2 aromatic heterocycles. The molecule has 0 fully saturated rings. The standard InChI is InChI=1S/C15H22BrN5/c1-10-7-11(2)14(18-8-10)13(17)15-12(16)9-19-21(15)6-5-20(3)4/h7-9,13H,5-6,17H2,1-4H3. The number of aromatic nitrogens is 3. The van der Waals surface area contributed by atoms with Crippen molar-refractivity contribution >= 4 is 15.9 Å². The van der Waals surface area contributed by atoms with Gasteiger partial charge in [0, 0.05) is 12.7 Å². The van der Waals surface area contributed by atoms with E-state index in [0.717, 1.165) is 40.1 Å². The monoisotopic (exact) mass is 351 g/mol. The van der Waals surface area contributed by atoms with Crippen LogP contribution in [0.5, 0.6) is 0 Å². The highest BCUT2D eigenvalue weighted by Gasteiger charge is 2.21. The van der Waals surface area contributed by atoms with E-state index in [9.17, 15) is 0 Å². The zero-order valence-corrected chi connectivity index (χ0v) is 14.6. The van der Waals surface area contributed by atoms with Gasteiger partial charge in [-0.05, 0) is 55.0 Å². The summed E-state index contributed by atoms with van der Waals surface area (Å²) in [6.07, 6.45) is 3.66. The zero-order chi connectivity index (χ0) is 15.6. The first kappa shape index (κ1) is 16.1. The molecule has 2 rings (SSSR count). The molecular formula is C15H22BrN5. The second-order valence-electron chi connectivity index (χ2n) is 5.60. The minimum absolute atomic E-state index is 0.287. The van der Waals surface area contributed by atoms with Crippen LogP contribution in [0.15, 0.2) is 22.9 Å². The Kier molecular flexibility index (Phi) is 5.13. The summed E-state index contributed by atoms with van der Waals surface area (Å²) >= 11 is 3.56. The maximum absolute atomic E-state index is 6.45. The van der Waals surface area contributed by atoms with Gasteiger partial charge in [0.15, 0.2) is 0 Å². The molecule has 5 nitrogen and oxygen atoms in total. The Hall–Kier alpha value is -1.24. The fourth-order valence-electron chi connectivity index (χ4n) is 2.33. The molecule has 0 aliphatic heterocycles. The highest BCUT2D eigenvalue weighted by atomic mass is 79.9. The number of nitrogens with zero attached hydrogens (tertiary/aromatic N) is 4. The molecule has 1 atom stereocenters. The molecule has 2 aromatic rings. The minimum atomic E-state index is -0.287. The van der Waals surface area contributed by atoms with Crippen LogP contribution in [0.25, 0.3) is 0 Å². The van der Waals surface area contributed by atoms with Crippen LogP contribution in [0, 0.1) is 13.8 Å². The Balaban J connectivity index is 2.34. The number of aryl methyl sites for hydroxylation is 2. The molecular weight excluding hydrogens is 330 g/mol. The van der Waals surface area contributed by atoms with Crippen molar-refractivity contribution < 1.29 is 0 Å². The molecule has 21 heavy (non-hydrogen) atoms. The van der Waals surface area contributed by atoms with E-state index in [4.69, 9.17) is 5.73 Å². The molecule has 2 heterocycles. The van der Waals surface area contributed by atoms with Crippen molar-refractivity contribution in [1.29, 1.82) is 0 Å². The summed E-state index contributed by atoms with van der Waals surface area (Å²) in [5, 5.41) is 4.42. The number of likely N-dealkylation sites (N-methyl/N-ethyl adjacent to an activating group) is 1. The van der Waals surface area contributed by atoms with Crippen molar-refractivity contribution in [2.75, 3.05) is 20.6 Å². The van der Waals surface area contributed by atoms with Crippen LogP contribution in [0.1, 0.15) is 28.6 Å². The van der Waals surface area contributed by atoms with Crippen molar-refractivity contribution in [3.05, 3.63) is 45.4 Å². The van der Waals surface area contributed by atoms with Crippen LogP contribution < -0.4 is 5.73 Å². The van der Waals surface area contributed by atoms with Gasteiger partial charge >= 0.3 is 0 Å². The Morgan fingerprint density at radius 1 is 1.33 bits per heavy atom. The van der Waals surface area contributed by atoms with Gasteiger partial charge in [-0.25, -0.2) is 0 Å².